The number of benzene rings is 1. The van der Waals surface area contributed by atoms with E-state index in [4.69, 9.17) is 6.52 Å². The predicted molar refractivity (Wildman–Crippen MR) is 93.2 cm³/mol. The highest BCUT2D eigenvalue weighted by Crippen LogP contribution is 2.21. The molecule has 0 bridgehead atoms. The van der Waals surface area contributed by atoms with E-state index in [-0.39, 0.29) is 17.5 Å². The molecule has 0 radical (unpaired) electrons. The molecule has 0 saturated heterocycles. The summed E-state index contributed by atoms with van der Waals surface area (Å²) in [5.41, 5.74) is 0.795. The van der Waals surface area contributed by atoms with Crippen LogP contribution in [0.2, 0.25) is 1.41 Å². The largest absolute Gasteiger partial charge is 0.394 e. The molecule has 2 rings (SSSR count). The lowest BCUT2D eigenvalue weighted by Gasteiger charge is -2.26. The topological polar surface area (TPSA) is 143 Å². The number of anilines is 1. The van der Waals surface area contributed by atoms with Crippen molar-refractivity contribution in [3.63, 3.8) is 0 Å². The molecule has 0 saturated carbocycles. The second-order valence-corrected chi connectivity index (χ2v) is 5.51. The molecule has 6 N–H and O–H groups in total. The smallest absolute Gasteiger partial charge is 0.249 e. The first-order valence-corrected chi connectivity index (χ1v) is 7.52. The van der Waals surface area contributed by atoms with Crippen molar-refractivity contribution < 1.29 is 26.6 Å². The minimum absolute atomic E-state index is 0.163. The minimum atomic E-state index is -1.82. The maximum Gasteiger partial charge on any atom is 0.249 e. The zero-order valence-electron chi connectivity index (χ0n) is 14.2. The van der Waals surface area contributed by atoms with Crippen molar-refractivity contribution in [2.75, 3.05) is 11.9 Å². The molecular weight excluding hydrogens is 328 g/mol. The quantitative estimate of drug-likeness (QED) is 0.343. The molecule has 1 heterocycles. The normalized spacial score (nSPS) is 16.6. The number of aromatic nitrogens is 1. The number of carbonyl (C=O) groups excluding carboxylic acids is 1. The third-order valence-corrected chi connectivity index (χ3v) is 3.80. The summed E-state index contributed by atoms with van der Waals surface area (Å²) in [7, 11) is 0. The summed E-state index contributed by atoms with van der Waals surface area (Å²) < 4.78 is 8.09. The lowest BCUT2D eigenvalue weighted by molar-refractivity contribution is -0.117. The molecule has 8 nitrogen and oxygen atoms in total. The van der Waals surface area contributed by atoms with Gasteiger partial charge in [-0.25, -0.2) is 0 Å². The lowest BCUT2D eigenvalue weighted by Crippen LogP contribution is -2.49. The van der Waals surface area contributed by atoms with Gasteiger partial charge in [0, 0.05) is 17.1 Å². The van der Waals surface area contributed by atoms with Crippen LogP contribution in [0.1, 0.15) is 5.56 Å². The Labute approximate surface area is 144 Å². The van der Waals surface area contributed by atoms with Crippen molar-refractivity contribution in [1.82, 2.24) is 4.98 Å². The van der Waals surface area contributed by atoms with Crippen LogP contribution in [0, 0.1) is 0 Å². The number of aldehydes is 1. The zero-order chi connectivity index (χ0) is 19.4. The Balaban J connectivity index is 2.40. The molecule has 4 atom stereocenters. The predicted octanol–water partition coefficient (Wildman–Crippen LogP) is -0.774. The van der Waals surface area contributed by atoms with Crippen LogP contribution in [-0.2, 0) is 4.79 Å². The van der Waals surface area contributed by atoms with E-state index in [1.807, 2.05) is 0 Å². The first-order valence-electron chi connectivity index (χ1n) is 7.96. The summed E-state index contributed by atoms with van der Waals surface area (Å²) in [5, 5.41) is 39.4. The summed E-state index contributed by atoms with van der Waals surface area (Å²) in [6, 6.07) is 4.41. The van der Waals surface area contributed by atoms with Gasteiger partial charge in [-0.05, 0) is 17.7 Å². The van der Waals surface area contributed by atoms with Crippen LogP contribution < -0.4 is 10.9 Å². The number of rotatable bonds is 8. The van der Waals surface area contributed by atoms with E-state index in [1.54, 1.807) is 6.07 Å². The van der Waals surface area contributed by atoms with E-state index in [2.05, 4.69) is 11.6 Å². The van der Waals surface area contributed by atoms with Gasteiger partial charge in [-0.3, -0.25) is 4.79 Å². The average Bonchev–Trinajstić information content (AvgIpc) is 2.65. The molecule has 0 aliphatic rings. The Morgan fingerprint density at radius 1 is 1.28 bits per heavy atom. The van der Waals surface area contributed by atoms with Crippen LogP contribution in [0.4, 0.5) is 5.69 Å². The second kappa shape index (κ2) is 8.04. The number of pyridine rings is 1. The van der Waals surface area contributed by atoms with Crippen molar-refractivity contribution in [1.29, 1.82) is 0 Å². The second-order valence-electron chi connectivity index (χ2n) is 5.51. The molecule has 25 heavy (non-hydrogen) atoms. The molecule has 0 amide bonds. The zero-order valence-corrected chi connectivity index (χ0v) is 13.2. The fourth-order valence-electron chi connectivity index (χ4n) is 2.42. The summed E-state index contributed by atoms with van der Waals surface area (Å²) in [6.07, 6.45) is -3.54. The minimum Gasteiger partial charge on any atom is -0.394 e. The van der Waals surface area contributed by atoms with Gasteiger partial charge in [0.25, 0.3) is 0 Å². The van der Waals surface area contributed by atoms with Gasteiger partial charge in [-0.1, -0.05) is 18.7 Å². The Bertz CT molecular complexity index is 855. The van der Waals surface area contributed by atoms with Crippen LogP contribution >= 0.6 is 0 Å². The molecule has 0 fully saturated rings. The van der Waals surface area contributed by atoms with Crippen molar-refractivity contribution in [3.05, 3.63) is 46.8 Å². The van der Waals surface area contributed by atoms with E-state index in [9.17, 15) is 24.9 Å². The molecule has 0 aliphatic carbocycles. The van der Waals surface area contributed by atoms with Crippen molar-refractivity contribution >= 4 is 29.0 Å². The van der Waals surface area contributed by atoms with E-state index in [0.717, 1.165) is 0 Å². The monoisotopic (exact) mass is 349 g/mol. The first kappa shape index (κ1) is 17.3. The van der Waals surface area contributed by atoms with Gasteiger partial charge in [0.2, 0.25) is 5.56 Å². The van der Waals surface area contributed by atoms with Gasteiger partial charge in [-0.2, -0.15) is 0 Å². The Kier molecular flexibility index (Phi) is 5.56. The van der Waals surface area contributed by atoms with Gasteiger partial charge in [0.15, 0.2) is 1.41 Å². The number of aliphatic hydroxyl groups is 4. The fraction of sp³-hybridized carbons (Fsp3) is 0.294. The standard InChI is InChI=1S/C17H20N2O6/c1-2-9-5-15(23)19-12-6-10(3-4-11(9)12)18-13(7-20)16(24)17(25)14(22)8-21/h2-7,13-14,16-18,21-22,24-25H,1,8H2,(H,19,23)/t13-,14+,16+,17+/m0/s1/i/hD. The average molecular weight is 349 g/mol. The van der Waals surface area contributed by atoms with E-state index in [1.165, 1.54) is 24.3 Å². The molecule has 0 aliphatic heterocycles. The van der Waals surface area contributed by atoms with E-state index in [0.29, 0.717) is 21.8 Å². The Morgan fingerprint density at radius 2 is 2.00 bits per heavy atom. The van der Waals surface area contributed by atoms with E-state index < -0.39 is 31.0 Å². The SMILES string of the molecule is [2H]N(c1ccc2c(C=C)cc(=O)[nH]c2c1)[C@@H](C=O)[C@@H](O)[C@H](O)[C@H](O)CO. The van der Waals surface area contributed by atoms with Crippen LogP contribution in [0.5, 0.6) is 0 Å². The van der Waals surface area contributed by atoms with Crippen LogP contribution in [0.3, 0.4) is 0 Å². The number of aliphatic hydroxyl groups excluding tert-OH is 4. The highest BCUT2D eigenvalue weighted by Gasteiger charge is 2.31. The summed E-state index contributed by atoms with van der Waals surface area (Å²) in [4.78, 5) is 25.7. The summed E-state index contributed by atoms with van der Waals surface area (Å²) >= 11 is 0. The Hall–Kier alpha value is -2.52. The van der Waals surface area contributed by atoms with Crippen LogP contribution in [0.25, 0.3) is 17.0 Å². The number of aromatic amines is 1. The van der Waals surface area contributed by atoms with E-state index >= 15 is 0 Å². The summed E-state index contributed by atoms with van der Waals surface area (Å²) in [5.74, 6) is 0. The maximum absolute atomic E-state index is 11.7. The molecule has 0 unspecified atom stereocenters. The number of hydrogen-bond acceptors (Lipinski definition) is 7. The molecule has 0 spiro atoms. The van der Waals surface area contributed by atoms with Crippen LogP contribution in [-0.4, -0.2) is 62.7 Å². The van der Waals surface area contributed by atoms with Crippen LogP contribution in [0.15, 0.2) is 35.6 Å². The highest BCUT2D eigenvalue weighted by molar-refractivity contribution is 5.89. The molecule has 134 valence electrons. The van der Waals surface area contributed by atoms with Gasteiger partial charge >= 0.3 is 0 Å². The lowest BCUT2D eigenvalue weighted by atomic mass is 10.0. The van der Waals surface area contributed by atoms with Gasteiger partial charge in [0.1, 0.15) is 30.6 Å². The van der Waals surface area contributed by atoms with Crippen molar-refractivity contribution in [2.24, 2.45) is 0 Å². The number of nitrogens with one attached hydrogen (secondary N) is 2. The van der Waals surface area contributed by atoms with Crippen molar-refractivity contribution in [3.8, 4) is 0 Å². The molecule has 2 aromatic rings. The molecule has 8 heteroatoms. The fourth-order valence-corrected chi connectivity index (χ4v) is 2.42. The number of fused-ring (bicyclic) bond motifs is 1. The summed E-state index contributed by atoms with van der Waals surface area (Å²) in [6.45, 7) is 2.82. The van der Waals surface area contributed by atoms with Gasteiger partial charge in [0.05, 0.1) is 12.1 Å². The Morgan fingerprint density at radius 3 is 2.60 bits per heavy atom. The van der Waals surface area contributed by atoms with Gasteiger partial charge < -0.3 is 35.5 Å². The molecule has 1 aromatic carbocycles. The molecular formula is C17H20N2O6. The maximum atomic E-state index is 11.7. The third-order valence-electron chi connectivity index (χ3n) is 3.80. The third kappa shape index (κ3) is 4.12. The highest BCUT2D eigenvalue weighted by atomic mass is 16.4. The first-order chi connectivity index (χ1) is 12.3. The van der Waals surface area contributed by atoms with Gasteiger partial charge in [-0.15, -0.1) is 0 Å². The number of carbonyl (C=O) groups is 1. The van der Waals surface area contributed by atoms with Crippen molar-refractivity contribution in [2.45, 2.75) is 24.4 Å². The number of H-pyrrole nitrogens is 1. The number of hydrogen-bond donors (Lipinski definition) is 6. The molecule has 1 aromatic heterocycles.